The van der Waals surface area contributed by atoms with E-state index in [1.807, 2.05) is 0 Å². The van der Waals surface area contributed by atoms with Crippen LogP contribution in [0, 0.1) is 11.8 Å². The summed E-state index contributed by atoms with van der Waals surface area (Å²) in [6.45, 7) is 7.19. The number of nitriles is 1. The van der Waals surface area contributed by atoms with E-state index in [2.05, 4.69) is 21.2 Å². The van der Waals surface area contributed by atoms with Crippen LogP contribution in [0.25, 0.3) is 0 Å². The Morgan fingerprint density at radius 1 is 1.67 bits per heavy atom. The second-order valence-corrected chi connectivity index (χ2v) is 3.52. The molecule has 0 amide bonds. The number of likely N-dealkylation sites (tertiary alicyclic amines) is 1. The molecule has 1 fully saturated rings. The molecule has 1 aliphatic heterocycles. The average Bonchev–Trinajstić information content (AvgIpc) is 2.30. The minimum absolute atomic E-state index is 0.306. The van der Waals surface area contributed by atoms with Gasteiger partial charge in [-0.1, -0.05) is 0 Å². The summed E-state index contributed by atoms with van der Waals surface area (Å²) in [5, 5.41) is 6.50. The summed E-state index contributed by atoms with van der Waals surface area (Å²) >= 11 is 0.356. The maximum atomic E-state index is 8.36. The largest absolute Gasteiger partial charge is 0.329 e. The Balaban J connectivity index is 0.000000921. The van der Waals surface area contributed by atoms with Crippen LogP contribution in [-0.2, 0) is 4.28 Å². The lowest BCUT2D eigenvalue weighted by Crippen LogP contribution is -2.46. The van der Waals surface area contributed by atoms with Crippen molar-refractivity contribution in [1.82, 2.24) is 10.4 Å². The minimum Gasteiger partial charge on any atom is -0.329 e. The highest BCUT2D eigenvalue weighted by Crippen LogP contribution is 2.10. The van der Waals surface area contributed by atoms with Crippen LogP contribution in [0.1, 0.15) is 12.8 Å². The van der Waals surface area contributed by atoms with Crippen LogP contribution in [-0.4, -0.2) is 41.7 Å². The second-order valence-electron chi connectivity index (χ2n) is 3.20. The molecule has 0 saturated carbocycles. The first kappa shape index (κ1) is 14.6. The van der Waals surface area contributed by atoms with Crippen LogP contribution < -0.4 is 11.2 Å². The molecule has 7 heteroatoms. The average molecular weight is 234 g/mol. The van der Waals surface area contributed by atoms with Crippen molar-refractivity contribution < 1.29 is 8.84 Å². The van der Waals surface area contributed by atoms with Gasteiger partial charge in [-0.15, -0.1) is 0 Å². The number of nitrogens with zero attached hydrogens (tertiary/aromatic N) is 2. The molecule has 0 aromatic rings. The molecule has 15 heavy (non-hydrogen) atoms. The van der Waals surface area contributed by atoms with Gasteiger partial charge in [-0.2, -0.15) is 5.48 Å². The zero-order chi connectivity index (χ0) is 11.5. The van der Waals surface area contributed by atoms with E-state index in [0.717, 1.165) is 32.5 Å². The van der Waals surface area contributed by atoms with Gasteiger partial charge < -0.3 is 15.2 Å². The monoisotopic (exact) mass is 234 g/mol. The second kappa shape index (κ2) is 10.2. The molecule has 1 rings (SSSR count). The molecular weight excluding hydrogens is 216 g/mol. The third-order valence-corrected chi connectivity index (χ3v) is 2.37. The number of rotatable bonds is 5. The predicted octanol–water partition coefficient (Wildman–Crippen LogP) is 0.192. The molecule has 4 N–H and O–H groups in total. The number of hydroxylamine groups is 1. The highest BCUT2D eigenvalue weighted by molar-refractivity contribution is 7.88. The van der Waals surface area contributed by atoms with Crippen LogP contribution in [0.3, 0.4) is 0 Å². The summed E-state index contributed by atoms with van der Waals surface area (Å²) in [5.74, 6) is 0. The lowest BCUT2D eigenvalue weighted by molar-refractivity contribution is 0.108. The third kappa shape index (κ3) is 6.67. The Morgan fingerprint density at radius 3 is 3.00 bits per heavy atom. The van der Waals surface area contributed by atoms with Gasteiger partial charge in [0.2, 0.25) is 0 Å². The number of piperidine rings is 1. The fraction of sp³-hybridized carbons (Fsp3) is 0.875. The highest BCUT2D eigenvalue weighted by atomic mass is 32.2. The van der Waals surface area contributed by atoms with E-state index in [1.165, 1.54) is 0 Å². The van der Waals surface area contributed by atoms with Crippen molar-refractivity contribution in [1.29, 1.82) is 5.26 Å². The van der Waals surface area contributed by atoms with Gasteiger partial charge in [0.1, 0.15) is 0 Å². The molecule has 0 spiro atoms. The van der Waals surface area contributed by atoms with Gasteiger partial charge in [0.05, 0.1) is 0 Å². The molecule has 88 valence electrons. The van der Waals surface area contributed by atoms with Gasteiger partial charge in [-0.3, -0.25) is 0 Å². The Kier molecular flexibility index (Phi) is 9.92. The lowest BCUT2D eigenvalue weighted by atomic mass is 10.1. The number of hydrogen-bond donors (Lipinski definition) is 3. The number of nitrogens with one attached hydrogen (secondary N) is 1. The normalized spacial score (nSPS) is 21.7. The van der Waals surface area contributed by atoms with E-state index in [-0.39, 0.29) is 0 Å². The minimum atomic E-state index is 0.306. The van der Waals surface area contributed by atoms with Crippen molar-refractivity contribution >= 4 is 12.3 Å². The fourth-order valence-corrected chi connectivity index (χ4v) is 1.81. The van der Waals surface area contributed by atoms with E-state index in [0.29, 0.717) is 24.9 Å². The molecule has 1 heterocycles. The van der Waals surface area contributed by atoms with Gasteiger partial charge >= 0.3 is 0 Å². The summed E-state index contributed by atoms with van der Waals surface area (Å²) in [6.07, 6.45) is 2.23. The molecule has 0 aliphatic carbocycles. The molecule has 0 bridgehead atoms. The lowest BCUT2D eigenvalue weighted by Gasteiger charge is -2.31. The first-order valence-electron chi connectivity index (χ1n) is 4.77. The molecule has 1 aliphatic rings. The van der Waals surface area contributed by atoms with Crippen molar-refractivity contribution in [3.05, 3.63) is 0 Å². The van der Waals surface area contributed by atoms with Crippen LogP contribution in [0.15, 0.2) is 0 Å². The van der Waals surface area contributed by atoms with Crippen molar-refractivity contribution in [2.75, 3.05) is 26.2 Å². The predicted molar refractivity (Wildman–Crippen MR) is 59.6 cm³/mol. The molecule has 0 aromatic carbocycles. The molecular formula is C8H18N4O2S. The maximum absolute atomic E-state index is 8.36. The number of nitrogens with two attached hydrogens (primary N) is 1. The summed E-state index contributed by atoms with van der Waals surface area (Å²) in [6, 6.07) is 0.306. The van der Waals surface area contributed by atoms with Gasteiger partial charge in [-0.05, 0) is 19.4 Å². The Bertz CT molecular complexity index is 168. The Labute approximate surface area is 94.7 Å². The smallest absolute Gasteiger partial charge is 0.175 e. The van der Waals surface area contributed by atoms with E-state index in [9.17, 15) is 0 Å². The fourth-order valence-electron chi connectivity index (χ4n) is 1.63. The van der Waals surface area contributed by atoms with E-state index in [1.54, 1.807) is 0 Å². The zero-order valence-corrected chi connectivity index (χ0v) is 9.45. The highest BCUT2D eigenvalue weighted by Gasteiger charge is 2.18. The first-order chi connectivity index (χ1) is 7.36. The zero-order valence-electron chi connectivity index (χ0n) is 8.63. The molecule has 1 saturated heterocycles. The summed E-state index contributed by atoms with van der Waals surface area (Å²) in [5.41, 5.74) is 8.26. The topological polar surface area (TPSA) is 94.5 Å². The van der Waals surface area contributed by atoms with Crippen LogP contribution in [0.2, 0.25) is 0 Å². The maximum Gasteiger partial charge on any atom is 0.175 e. The Hall–Kier alpha value is -0.360. The Morgan fingerprint density at radius 2 is 2.40 bits per heavy atom. The standard InChI is InChI=1S/C7H17N3O2S.CHN/c8-3-5-10-4-1-2-7(6-10)9-12-13-11;1-2/h7,9,11H,1-6,8H2;1H. The van der Waals surface area contributed by atoms with Crippen LogP contribution in [0.5, 0.6) is 0 Å². The van der Waals surface area contributed by atoms with Crippen LogP contribution >= 0.6 is 12.3 Å². The summed E-state index contributed by atoms with van der Waals surface area (Å²) in [4.78, 5) is 2.30. The molecule has 1 atom stereocenters. The SMILES string of the molecule is C#N.NCCN1CCCC(NOSO)C1. The van der Waals surface area contributed by atoms with Gasteiger partial charge in [0.15, 0.2) is 12.3 Å². The first-order valence-corrected chi connectivity index (χ1v) is 5.47. The van der Waals surface area contributed by atoms with E-state index in [4.69, 9.17) is 15.5 Å². The summed E-state index contributed by atoms with van der Waals surface area (Å²) in [7, 11) is 0. The molecule has 0 radical (unpaired) electrons. The van der Waals surface area contributed by atoms with Gasteiger partial charge in [0.25, 0.3) is 0 Å². The molecule has 0 aromatic heterocycles. The van der Waals surface area contributed by atoms with Crippen molar-refractivity contribution in [2.45, 2.75) is 18.9 Å². The molecule has 1 unspecified atom stereocenters. The van der Waals surface area contributed by atoms with Gasteiger partial charge in [0, 0.05) is 32.2 Å². The molecule has 6 nitrogen and oxygen atoms in total. The van der Waals surface area contributed by atoms with E-state index >= 15 is 0 Å². The van der Waals surface area contributed by atoms with Gasteiger partial charge in [-0.25, -0.2) is 9.55 Å². The third-order valence-electron chi connectivity index (χ3n) is 2.20. The van der Waals surface area contributed by atoms with Crippen molar-refractivity contribution in [3.8, 4) is 6.57 Å². The quantitative estimate of drug-likeness (QED) is 0.462. The summed E-state index contributed by atoms with van der Waals surface area (Å²) < 4.78 is 13.0. The van der Waals surface area contributed by atoms with Crippen molar-refractivity contribution in [2.24, 2.45) is 5.73 Å². The van der Waals surface area contributed by atoms with Crippen molar-refractivity contribution in [3.63, 3.8) is 0 Å². The number of hydrogen-bond acceptors (Lipinski definition) is 7. The van der Waals surface area contributed by atoms with E-state index < -0.39 is 0 Å². The van der Waals surface area contributed by atoms with Crippen LogP contribution in [0.4, 0.5) is 0 Å².